The molecule has 1 aromatic carbocycles. The maximum absolute atomic E-state index is 9.81. The highest BCUT2D eigenvalue weighted by atomic mass is 16.5. The van der Waals surface area contributed by atoms with Crippen LogP contribution in [0.5, 0.6) is 5.75 Å². The van der Waals surface area contributed by atoms with Gasteiger partial charge < -0.3 is 15.6 Å². The first-order chi connectivity index (χ1) is 8.35. The SMILES string of the molecule is Cc1ccc(C(C)C)cc1OCCC(C)(O)CN. The van der Waals surface area contributed by atoms with E-state index in [-0.39, 0.29) is 6.54 Å². The van der Waals surface area contributed by atoms with Gasteiger partial charge in [0.15, 0.2) is 0 Å². The summed E-state index contributed by atoms with van der Waals surface area (Å²) < 4.78 is 5.75. The first-order valence-electron chi connectivity index (χ1n) is 6.51. The van der Waals surface area contributed by atoms with Crippen LogP contribution < -0.4 is 10.5 Å². The average molecular weight is 251 g/mol. The minimum Gasteiger partial charge on any atom is -0.493 e. The molecule has 0 saturated heterocycles. The number of aryl methyl sites for hydroxylation is 1. The Labute approximate surface area is 110 Å². The van der Waals surface area contributed by atoms with Gasteiger partial charge in [0.2, 0.25) is 0 Å². The Morgan fingerprint density at radius 2 is 2.06 bits per heavy atom. The second-order valence-electron chi connectivity index (χ2n) is 5.48. The molecule has 3 nitrogen and oxygen atoms in total. The van der Waals surface area contributed by atoms with Crippen molar-refractivity contribution in [1.82, 2.24) is 0 Å². The first-order valence-corrected chi connectivity index (χ1v) is 6.51. The van der Waals surface area contributed by atoms with Gasteiger partial charge in [-0.25, -0.2) is 0 Å². The Morgan fingerprint density at radius 3 is 2.61 bits per heavy atom. The van der Waals surface area contributed by atoms with E-state index in [1.807, 2.05) is 6.92 Å². The van der Waals surface area contributed by atoms with E-state index in [0.717, 1.165) is 11.3 Å². The zero-order valence-electron chi connectivity index (χ0n) is 11.9. The number of nitrogens with two attached hydrogens (primary N) is 1. The van der Waals surface area contributed by atoms with Crippen LogP contribution in [0, 0.1) is 6.92 Å². The van der Waals surface area contributed by atoms with E-state index >= 15 is 0 Å². The molecule has 3 heteroatoms. The van der Waals surface area contributed by atoms with Gasteiger partial charge >= 0.3 is 0 Å². The molecule has 0 saturated carbocycles. The molecule has 3 N–H and O–H groups in total. The molecule has 102 valence electrons. The molecule has 0 aliphatic carbocycles. The van der Waals surface area contributed by atoms with Crippen LogP contribution in [0.4, 0.5) is 0 Å². The molecule has 0 fully saturated rings. The Balaban J connectivity index is 2.64. The summed E-state index contributed by atoms with van der Waals surface area (Å²) in [5.41, 5.74) is 7.01. The topological polar surface area (TPSA) is 55.5 Å². The molecule has 1 rings (SSSR count). The molecule has 0 aromatic heterocycles. The molecule has 1 unspecified atom stereocenters. The van der Waals surface area contributed by atoms with Crippen LogP contribution in [0.15, 0.2) is 18.2 Å². The third-order valence-electron chi connectivity index (χ3n) is 3.22. The number of hydrogen-bond acceptors (Lipinski definition) is 3. The Kier molecular flexibility index (Phi) is 5.17. The van der Waals surface area contributed by atoms with Gasteiger partial charge in [-0.15, -0.1) is 0 Å². The van der Waals surface area contributed by atoms with E-state index in [2.05, 4.69) is 32.0 Å². The second-order valence-corrected chi connectivity index (χ2v) is 5.48. The van der Waals surface area contributed by atoms with E-state index < -0.39 is 5.60 Å². The van der Waals surface area contributed by atoms with Crippen molar-refractivity contribution in [2.24, 2.45) is 5.73 Å². The van der Waals surface area contributed by atoms with E-state index in [4.69, 9.17) is 10.5 Å². The summed E-state index contributed by atoms with van der Waals surface area (Å²) in [6.07, 6.45) is 0.537. The van der Waals surface area contributed by atoms with Crippen LogP contribution in [0.3, 0.4) is 0 Å². The Morgan fingerprint density at radius 1 is 1.39 bits per heavy atom. The zero-order valence-corrected chi connectivity index (χ0v) is 11.9. The van der Waals surface area contributed by atoms with E-state index in [1.54, 1.807) is 6.92 Å². The summed E-state index contributed by atoms with van der Waals surface area (Å²) in [7, 11) is 0. The predicted molar refractivity (Wildman–Crippen MR) is 75.1 cm³/mol. The summed E-state index contributed by atoms with van der Waals surface area (Å²) in [6.45, 7) is 8.81. The Bertz CT molecular complexity index is 386. The maximum Gasteiger partial charge on any atom is 0.122 e. The van der Waals surface area contributed by atoms with E-state index in [0.29, 0.717) is 18.9 Å². The van der Waals surface area contributed by atoms with Gasteiger partial charge in [-0.1, -0.05) is 26.0 Å². The molecule has 1 aromatic rings. The smallest absolute Gasteiger partial charge is 0.122 e. The first kappa shape index (κ1) is 15.0. The lowest BCUT2D eigenvalue weighted by molar-refractivity contribution is 0.0452. The van der Waals surface area contributed by atoms with Crippen molar-refractivity contribution in [3.8, 4) is 5.75 Å². The lowest BCUT2D eigenvalue weighted by Gasteiger charge is -2.21. The highest BCUT2D eigenvalue weighted by molar-refractivity contribution is 5.37. The molecule has 0 amide bonds. The fourth-order valence-corrected chi connectivity index (χ4v) is 1.61. The lowest BCUT2D eigenvalue weighted by atomic mass is 10.0. The summed E-state index contributed by atoms with van der Waals surface area (Å²) in [6, 6.07) is 6.28. The largest absolute Gasteiger partial charge is 0.493 e. The molecule has 0 heterocycles. The highest BCUT2D eigenvalue weighted by Gasteiger charge is 2.17. The predicted octanol–water partition coefficient (Wildman–Crippen LogP) is 2.60. The van der Waals surface area contributed by atoms with Crippen molar-refractivity contribution in [2.45, 2.75) is 45.6 Å². The fourth-order valence-electron chi connectivity index (χ4n) is 1.61. The van der Waals surface area contributed by atoms with Gasteiger partial charge in [-0.05, 0) is 37.0 Å². The lowest BCUT2D eigenvalue weighted by Crippen LogP contribution is -2.35. The molecule has 0 aliphatic heterocycles. The summed E-state index contributed by atoms with van der Waals surface area (Å²) >= 11 is 0. The van der Waals surface area contributed by atoms with Gasteiger partial charge in [0.25, 0.3) is 0 Å². The van der Waals surface area contributed by atoms with Crippen LogP contribution >= 0.6 is 0 Å². The van der Waals surface area contributed by atoms with Crippen molar-refractivity contribution in [3.63, 3.8) is 0 Å². The molecular weight excluding hydrogens is 226 g/mol. The number of hydrogen-bond donors (Lipinski definition) is 2. The molecule has 0 bridgehead atoms. The van der Waals surface area contributed by atoms with Crippen LogP contribution in [-0.4, -0.2) is 23.9 Å². The van der Waals surface area contributed by atoms with E-state index in [9.17, 15) is 5.11 Å². The van der Waals surface area contributed by atoms with Crippen molar-refractivity contribution >= 4 is 0 Å². The number of rotatable bonds is 6. The molecule has 18 heavy (non-hydrogen) atoms. The van der Waals surface area contributed by atoms with Gasteiger partial charge in [0, 0.05) is 13.0 Å². The second kappa shape index (κ2) is 6.21. The third kappa shape index (κ3) is 4.31. The fraction of sp³-hybridized carbons (Fsp3) is 0.600. The third-order valence-corrected chi connectivity index (χ3v) is 3.22. The maximum atomic E-state index is 9.81. The zero-order chi connectivity index (χ0) is 13.8. The summed E-state index contributed by atoms with van der Waals surface area (Å²) in [4.78, 5) is 0. The number of aliphatic hydroxyl groups is 1. The average Bonchev–Trinajstić information content (AvgIpc) is 2.31. The molecule has 0 aliphatic rings. The van der Waals surface area contributed by atoms with Crippen LogP contribution in [0.2, 0.25) is 0 Å². The number of benzene rings is 1. The monoisotopic (exact) mass is 251 g/mol. The van der Waals surface area contributed by atoms with Crippen LogP contribution in [0.1, 0.15) is 44.2 Å². The van der Waals surface area contributed by atoms with Crippen LogP contribution in [-0.2, 0) is 0 Å². The number of ether oxygens (including phenoxy) is 1. The molecule has 0 radical (unpaired) electrons. The van der Waals surface area contributed by atoms with E-state index in [1.165, 1.54) is 5.56 Å². The summed E-state index contributed by atoms with van der Waals surface area (Å²) in [5, 5.41) is 9.81. The van der Waals surface area contributed by atoms with Gasteiger partial charge in [0.05, 0.1) is 12.2 Å². The quantitative estimate of drug-likeness (QED) is 0.817. The molecule has 1 atom stereocenters. The normalized spacial score (nSPS) is 14.6. The van der Waals surface area contributed by atoms with Gasteiger partial charge in [0.1, 0.15) is 5.75 Å². The Hall–Kier alpha value is -1.06. The molecular formula is C15H25NO2. The highest BCUT2D eigenvalue weighted by Crippen LogP contribution is 2.24. The van der Waals surface area contributed by atoms with Crippen molar-refractivity contribution in [1.29, 1.82) is 0 Å². The van der Waals surface area contributed by atoms with Crippen molar-refractivity contribution in [3.05, 3.63) is 29.3 Å². The minimum absolute atomic E-state index is 0.251. The molecule has 0 spiro atoms. The standard InChI is InChI=1S/C15H25NO2/c1-11(2)13-6-5-12(3)14(9-13)18-8-7-15(4,17)10-16/h5-6,9,11,17H,7-8,10,16H2,1-4H3. The van der Waals surface area contributed by atoms with Gasteiger partial charge in [-0.2, -0.15) is 0 Å². The van der Waals surface area contributed by atoms with Crippen molar-refractivity contribution in [2.75, 3.05) is 13.2 Å². The summed E-state index contributed by atoms with van der Waals surface area (Å²) in [5.74, 6) is 1.38. The van der Waals surface area contributed by atoms with Gasteiger partial charge in [-0.3, -0.25) is 0 Å². The van der Waals surface area contributed by atoms with Crippen LogP contribution in [0.25, 0.3) is 0 Å². The minimum atomic E-state index is -0.844. The van der Waals surface area contributed by atoms with Crippen molar-refractivity contribution < 1.29 is 9.84 Å².